The first-order valence-corrected chi connectivity index (χ1v) is 16.7. The van der Waals surface area contributed by atoms with Crippen LogP contribution >= 0.6 is 0 Å². The number of hydrogen-bond donors (Lipinski definition) is 0. The minimum absolute atomic E-state index is 0.0868. The summed E-state index contributed by atoms with van der Waals surface area (Å²) in [4.78, 5) is 13.2. The lowest BCUT2D eigenvalue weighted by atomic mass is 9.44. The third kappa shape index (κ3) is 5.37. The van der Waals surface area contributed by atoms with Crippen LogP contribution in [-0.4, -0.2) is 12.1 Å². The first-order valence-electron chi connectivity index (χ1n) is 16.7. The monoisotopic (exact) mass is 534 g/mol. The summed E-state index contributed by atoms with van der Waals surface area (Å²) in [6.45, 7) is 18.9. The first kappa shape index (κ1) is 29.2. The van der Waals surface area contributed by atoms with Crippen LogP contribution in [-0.2, 0) is 4.74 Å². The van der Waals surface area contributed by atoms with Crippen molar-refractivity contribution in [3.63, 3.8) is 0 Å². The Morgan fingerprint density at radius 2 is 1.62 bits per heavy atom. The minimum Gasteiger partial charge on any atom is -0.459 e. The van der Waals surface area contributed by atoms with E-state index in [2.05, 4.69) is 61.5 Å². The quantitative estimate of drug-likeness (QED) is 0.325. The maximum absolute atomic E-state index is 13.2. The van der Waals surface area contributed by atoms with Crippen LogP contribution in [0.1, 0.15) is 139 Å². The van der Waals surface area contributed by atoms with Crippen LogP contribution in [0.4, 0.5) is 0 Å². The van der Waals surface area contributed by atoms with E-state index in [9.17, 15) is 4.79 Å². The number of ether oxygens (including phenoxy) is 1. The van der Waals surface area contributed by atoms with E-state index in [0.29, 0.717) is 16.7 Å². The van der Waals surface area contributed by atoms with Gasteiger partial charge in [0.25, 0.3) is 0 Å². The first-order chi connectivity index (χ1) is 18.4. The standard InChI is InChI=1S/C37H58O2/c1-23(2)10-9-11-25(4)32-14-15-33-30-13-12-28-22-29(16-18-36(28,7)34(30)17-19-37(32,33)8)39-35(38)31-21-24(3)20-26(5)27(31)6/h20-21,23,25,28-30,32-34H,9-19,22H2,1-8H3. The summed E-state index contributed by atoms with van der Waals surface area (Å²) in [6, 6.07) is 4.17. The lowest BCUT2D eigenvalue weighted by molar-refractivity contribution is -0.130. The van der Waals surface area contributed by atoms with Gasteiger partial charge in [0.1, 0.15) is 6.10 Å². The summed E-state index contributed by atoms with van der Waals surface area (Å²) >= 11 is 0. The van der Waals surface area contributed by atoms with Gasteiger partial charge in [0, 0.05) is 0 Å². The second-order valence-corrected chi connectivity index (χ2v) is 15.7. The fourth-order valence-corrected chi connectivity index (χ4v) is 10.8. The van der Waals surface area contributed by atoms with Gasteiger partial charge >= 0.3 is 5.97 Å². The van der Waals surface area contributed by atoms with E-state index >= 15 is 0 Å². The van der Waals surface area contributed by atoms with Gasteiger partial charge in [-0.1, -0.05) is 59.9 Å². The Labute approximate surface area is 240 Å². The molecule has 0 amide bonds. The molecule has 0 aromatic heterocycles. The summed E-state index contributed by atoms with van der Waals surface area (Å²) in [7, 11) is 0. The second-order valence-electron chi connectivity index (χ2n) is 15.7. The van der Waals surface area contributed by atoms with Crippen LogP contribution < -0.4 is 0 Å². The van der Waals surface area contributed by atoms with Crippen molar-refractivity contribution in [3.8, 4) is 0 Å². The molecule has 5 rings (SSSR count). The molecule has 218 valence electrons. The van der Waals surface area contributed by atoms with Crippen LogP contribution in [0.5, 0.6) is 0 Å². The van der Waals surface area contributed by atoms with Crippen LogP contribution in [0.2, 0.25) is 0 Å². The summed E-state index contributed by atoms with van der Waals surface area (Å²) in [6.07, 6.45) is 16.3. The normalized spacial score (nSPS) is 38.6. The molecular formula is C37H58O2. The number of hydrogen-bond acceptors (Lipinski definition) is 2. The average Bonchev–Trinajstić information content (AvgIpc) is 3.23. The van der Waals surface area contributed by atoms with Gasteiger partial charge in [-0.3, -0.25) is 0 Å². The number of carbonyl (C=O) groups excluding carboxylic acids is 1. The Morgan fingerprint density at radius 3 is 2.36 bits per heavy atom. The molecule has 4 saturated carbocycles. The Morgan fingerprint density at radius 1 is 0.897 bits per heavy atom. The molecule has 2 heteroatoms. The number of carbonyl (C=O) groups is 1. The molecule has 4 fully saturated rings. The van der Waals surface area contributed by atoms with Gasteiger partial charge in [-0.25, -0.2) is 4.79 Å². The zero-order valence-corrected chi connectivity index (χ0v) is 26.6. The average molecular weight is 535 g/mol. The van der Waals surface area contributed by atoms with E-state index in [1.807, 2.05) is 6.07 Å². The molecule has 1 aromatic rings. The molecule has 1 aromatic carbocycles. The highest BCUT2D eigenvalue weighted by Crippen LogP contribution is 2.68. The molecule has 0 radical (unpaired) electrons. The highest BCUT2D eigenvalue weighted by molar-refractivity contribution is 5.91. The van der Waals surface area contributed by atoms with Crippen molar-refractivity contribution in [3.05, 3.63) is 34.4 Å². The van der Waals surface area contributed by atoms with E-state index in [1.165, 1.54) is 69.8 Å². The number of fused-ring (bicyclic) bond motifs is 5. The van der Waals surface area contributed by atoms with Crippen molar-refractivity contribution in [1.82, 2.24) is 0 Å². The molecule has 0 spiro atoms. The fraction of sp³-hybridized carbons (Fsp3) is 0.811. The predicted octanol–water partition coefficient (Wildman–Crippen LogP) is 10.3. The van der Waals surface area contributed by atoms with Crippen LogP contribution in [0.3, 0.4) is 0 Å². The number of aryl methyl sites for hydroxylation is 2. The third-order valence-electron chi connectivity index (χ3n) is 13.1. The zero-order chi connectivity index (χ0) is 28.1. The van der Waals surface area contributed by atoms with Gasteiger partial charge in [-0.05, 0) is 154 Å². The highest BCUT2D eigenvalue weighted by atomic mass is 16.5. The van der Waals surface area contributed by atoms with Crippen molar-refractivity contribution in [2.24, 2.45) is 52.3 Å². The Balaban J connectivity index is 1.23. The van der Waals surface area contributed by atoms with E-state index in [4.69, 9.17) is 4.74 Å². The molecule has 39 heavy (non-hydrogen) atoms. The second kappa shape index (κ2) is 11.2. The number of esters is 1. The lowest BCUT2D eigenvalue weighted by Crippen LogP contribution is -2.54. The van der Waals surface area contributed by atoms with Crippen molar-refractivity contribution < 1.29 is 9.53 Å². The number of rotatable bonds is 7. The Hall–Kier alpha value is -1.31. The molecule has 4 aliphatic rings. The topological polar surface area (TPSA) is 26.3 Å². The molecule has 9 atom stereocenters. The molecule has 2 nitrogen and oxygen atoms in total. The zero-order valence-electron chi connectivity index (χ0n) is 26.6. The van der Waals surface area contributed by atoms with E-state index in [-0.39, 0.29) is 12.1 Å². The smallest absolute Gasteiger partial charge is 0.338 e. The molecule has 0 bridgehead atoms. The SMILES string of the molecule is Cc1cc(C)c(C)c(C(=O)OC2CCC3(C)C(CCC4C3CCC3(C)C(C(C)CCCC(C)C)CCC43)C2)c1. The maximum Gasteiger partial charge on any atom is 0.338 e. The minimum atomic E-state index is -0.102. The molecular weight excluding hydrogens is 476 g/mol. The van der Waals surface area contributed by atoms with E-state index in [1.54, 1.807) is 0 Å². The van der Waals surface area contributed by atoms with Crippen LogP contribution in [0, 0.1) is 73.0 Å². The predicted molar refractivity (Wildman–Crippen MR) is 163 cm³/mol. The molecule has 0 N–H and O–H groups in total. The largest absolute Gasteiger partial charge is 0.459 e. The summed E-state index contributed by atoms with van der Waals surface area (Å²) < 4.78 is 6.23. The highest BCUT2D eigenvalue weighted by Gasteiger charge is 2.60. The van der Waals surface area contributed by atoms with Gasteiger partial charge < -0.3 is 4.74 Å². The number of benzene rings is 1. The van der Waals surface area contributed by atoms with Crippen molar-refractivity contribution >= 4 is 5.97 Å². The third-order valence-corrected chi connectivity index (χ3v) is 13.1. The molecule has 9 unspecified atom stereocenters. The lowest BCUT2D eigenvalue weighted by Gasteiger charge is -2.61. The molecule has 4 aliphatic carbocycles. The van der Waals surface area contributed by atoms with Crippen molar-refractivity contribution in [1.29, 1.82) is 0 Å². The van der Waals surface area contributed by atoms with Crippen molar-refractivity contribution in [2.45, 2.75) is 139 Å². The van der Waals surface area contributed by atoms with E-state index in [0.717, 1.165) is 65.0 Å². The van der Waals surface area contributed by atoms with Gasteiger partial charge in [0.2, 0.25) is 0 Å². The van der Waals surface area contributed by atoms with Crippen LogP contribution in [0.15, 0.2) is 12.1 Å². The van der Waals surface area contributed by atoms with E-state index < -0.39 is 0 Å². The molecule has 0 heterocycles. The van der Waals surface area contributed by atoms with Gasteiger partial charge in [-0.15, -0.1) is 0 Å². The Bertz CT molecular complexity index is 1040. The Kier molecular flexibility index (Phi) is 8.36. The van der Waals surface area contributed by atoms with Crippen LogP contribution in [0.25, 0.3) is 0 Å². The molecule has 0 aliphatic heterocycles. The summed E-state index contributed by atoms with van der Waals surface area (Å²) in [5.74, 6) is 6.01. The molecule has 0 saturated heterocycles. The summed E-state index contributed by atoms with van der Waals surface area (Å²) in [5.41, 5.74) is 5.16. The van der Waals surface area contributed by atoms with Gasteiger partial charge in [0.15, 0.2) is 0 Å². The van der Waals surface area contributed by atoms with Gasteiger partial charge in [0.05, 0.1) is 5.56 Å². The summed E-state index contributed by atoms with van der Waals surface area (Å²) in [5, 5.41) is 0. The van der Waals surface area contributed by atoms with Crippen molar-refractivity contribution in [2.75, 3.05) is 0 Å². The maximum atomic E-state index is 13.2. The van der Waals surface area contributed by atoms with Gasteiger partial charge in [-0.2, -0.15) is 0 Å². The fourth-order valence-electron chi connectivity index (χ4n) is 10.8.